The number of amides is 2. The van der Waals surface area contributed by atoms with E-state index in [2.05, 4.69) is 10.4 Å². The fourth-order valence-corrected chi connectivity index (χ4v) is 3.22. The number of nitrogens with zero attached hydrogens (tertiary/aromatic N) is 3. The Morgan fingerprint density at radius 2 is 2.22 bits per heavy atom. The van der Waals surface area contributed by atoms with Crippen LogP contribution >= 0.6 is 0 Å². The first kappa shape index (κ1) is 19.0. The Bertz CT molecular complexity index is 853. The van der Waals surface area contributed by atoms with E-state index in [1.807, 2.05) is 0 Å². The van der Waals surface area contributed by atoms with E-state index in [0.29, 0.717) is 40.2 Å². The molecule has 2 aromatic rings. The number of rotatable bonds is 5. The van der Waals surface area contributed by atoms with Crippen LogP contribution in [0.1, 0.15) is 29.0 Å². The van der Waals surface area contributed by atoms with E-state index in [-0.39, 0.29) is 24.8 Å². The zero-order chi connectivity index (χ0) is 19.6. The molecule has 1 saturated heterocycles. The maximum Gasteiger partial charge on any atom is 0.333 e. The number of aliphatic hydroxyl groups excluding tert-OH is 1. The predicted octanol–water partition coefficient (Wildman–Crippen LogP) is 1.58. The average molecular weight is 378 g/mol. The minimum absolute atomic E-state index is 0.150. The summed E-state index contributed by atoms with van der Waals surface area (Å²) < 4.78 is 26.3. The van der Waals surface area contributed by atoms with Crippen LogP contribution in [0.2, 0.25) is 0 Å². The SMILES string of the molecule is Cc1nn(C(F)F)cc1-c1cccc(C(=O)N2CCNC(=O)[C@@H]2CCO)c1. The first-order chi connectivity index (χ1) is 12.9. The van der Waals surface area contributed by atoms with Crippen molar-refractivity contribution in [2.24, 2.45) is 0 Å². The molecule has 9 heteroatoms. The van der Waals surface area contributed by atoms with Gasteiger partial charge in [0.1, 0.15) is 6.04 Å². The smallest absolute Gasteiger partial charge is 0.333 e. The molecule has 0 radical (unpaired) electrons. The number of piperazine rings is 1. The van der Waals surface area contributed by atoms with Crippen LogP contribution in [-0.4, -0.2) is 57.3 Å². The van der Waals surface area contributed by atoms with Gasteiger partial charge in [-0.05, 0) is 31.0 Å². The van der Waals surface area contributed by atoms with Crippen LogP contribution in [0.25, 0.3) is 11.1 Å². The molecule has 2 N–H and O–H groups in total. The van der Waals surface area contributed by atoms with E-state index in [0.717, 1.165) is 0 Å². The lowest BCUT2D eigenvalue weighted by molar-refractivity contribution is -0.128. The van der Waals surface area contributed by atoms with E-state index in [1.54, 1.807) is 31.2 Å². The molecular weight excluding hydrogens is 358 g/mol. The molecule has 0 aliphatic carbocycles. The van der Waals surface area contributed by atoms with Gasteiger partial charge in [0.25, 0.3) is 5.91 Å². The predicted molar refractivity (Wildman–Crippen MR) is 93.2 cm³/mol. The molecule has 7 nitrogen and oxygen atoms in total. The van der Waals surface area contributed by atoms with Crippen LogP contribution in [0.4, 0.5) is 8.78 Å². The molecule has 1 aromatic carbocycles. The Morgan fingerprint density at radius 3 is 2.89 bits per heavy atom. The van der Waals surface area contributed by atoms with Crippen LogP contribution in [0.5, 0.6) is 0 Å². The Balaban J connectivity index is 1.91. The third-order valence-electron chi connectivity index (χ3n) is 4.53. The van der Waals surface area contributed by atoms with Gasteiger partial charge in [0.05, 0.1) is 5.69 Å². The summed E-state index contributed by atoms with van der Waals surface area (Å²) in [5, 5.41) is 15.7. The average Bonchev–Trinajstić information content (AvgIpc) is 3.05. The standard InChI is InChI=1S/C18H20F2N4O3/c1-11-14(10-24(22-11)18(19)20)12-3-2-4-13(9-12)17(27)23-7-6-21-16(26)15(23)5-8-25/h2-4,9-10,15,18,25H,5-8H2,1H3,(H,21,26)/t15-/m0/s1. The van der Waals surface area contributed by atoms with Crippen LogP contribution < -0.4 is 5.32 Å². The molecule has 2 heterocycles. The number of benzene rings is 1. The van der Waals surface area contributed by atoms with Crippen molar-refractivity contribution in [2.75, 3.05) is 19.7 Å². The molecule has 0 unspecified atom stereocenters. The Morgan fingerprint density at radius 1 is 1.44 bits per heavy atom. The van der Waals surface area contributed by atoms with E-state index < -0.39 is 12.6 Å². The lowest BCUT2D eigenvalue weighted by Crippen LogP contribution is -2.57. The summed E-state index contributed by atoms with van der Waals surface area (Å²) in [5.74, 6) is -0.641. The monoisotopic (exact) mass is 378 g/mol. The summed E-state index contributed by atoms with van der Waals surface area (Å²) >= 11 is 0. The molecular formula is C18H20F2N4O3. The van der Waals surface area contributed by atoms with Crippen molar-refractivity contribution in [3.8, 4) is 11.1 Å². The maximum atomic E-state index is 12.9. The molecule has 1 atom stereocenters. The van der Waals surface area contributed by atoms with Gasteiger partial charge in [-0.3, -0.25) is 9.59 Å². The van der Waals surface area contributed by atoms with Gasteiger partial charge in [-0.1, -0.05) is 12.1 Å². The second-order valence-corrected chi connectivity index (χ2v) is 6.28. The molecule has 1 aromatic heterocycles. The molecule has 1 fully saturated rings. The molecule has 144 valence electrons. The molecule has 0 spiro atoms. The lowest BCUT2D eigenvalue weighted by atomic mass is 10.0. The number of aryl methyl sites for hydroxylation is 1. The van der Waals surface area contributed by atoms with Gasteiger partial charge in [0.2, 0.25) is 5.91 Å². The van der Waals surface area contributed by atoms with Gasteiger partial charge in [-0.25, -0.2) is 4.68 Å². The van der Waals surface area contributed by atoms with Crippen LogP contribution in [-0.2, 0) is 4.79 Å². The van der Waals surface area contributed by atoms with Crippen molar-refractivity contribution in [1.82, 2.24) is 20.0 Å². The van der Waals surface area contributed by atoms with Crippen molar-refractivity contribution < 1.29 is 23.5 Å². The third kappa shape index (κ3) is 3.82. The van der Waals surface area contributed by atoms with Gasteiger partial charge in [0, 0.05) is 37.0 Å². The summed E-state index contributed by atoms with van der Waals surface area (Å²) in [6, 6.07) is 5.85. The fourth-order valence-electron chi connectivity index (χ4n) is 3.22. The second kappa shape index (κ2) is 7.83. The zero-order valence-electron chi connectivity index (χ0n) is 14.7. The highest BCUT2D eigenvalue weighted by atomic mass is 19.3. The number of aliphatic hydroxyl groups is 1. The first-order valence-corrected chi connectivity index (χ1v) is 8.56. The highest BCUT2D eigenvalue weighted by molar-refractivity contribution is 5.99. The molecule has 2 amide bonds. The summed E-state index contributed by atoms with van der Waals surface area (Å²) in [6.07, 6.45) is 1.39. The molecule has 1 aliphatic heterocycles. The van der Waals surface area contributed by atoms with Gasteiger partial charge in [-0.15, -0.1) is 0 Å². The highest BCUT2D eigenvalue weighted by Gasteiger charge is 2.33. The normalized spacial score (nSPS) is 17.3. The third-order valence-corrected chi connectivity index (χ3v) is 4.53. The molecule has 1 aliphatic rings. The van der Waals surface area contributed by atoms with Gasteiger partial charge >= 0.3 is 6.55 Å². The fraction of sp³-hybridized carbons (Fsp3) is 0.389. The minimum Gasteiger partial charge on any atom is -0.396 e. The largest absolute Gasteiger partial charge is 0.396 e. The van der Waals surface area contributed by atoms with Gasteiger partial charge < -0.3 is 15.3 Å². The molecule has 27 heavy (non-hydrogen) atoms. The number of hydrogen-bond acceptors (Lipinski definition) is 4. The lowest BCUT2D eigenvalue weighted by Gasteiger charge is -2.34. The minimum atomic E-state index is -2.74. The topological polar surface area (TPSA) is 87.5 Å². The van der Waals surface area contributed by atoms with Crippen LogP contribution in [0.3, 0.4) is 0 Å². The quantitative estimate of drug-likeness (QED) is 0.827. The highest BCUT2D eigenvalue weighted by Crippen LogP contribution is 2.26. The molecule has 0 bridgehead atoms. The van der Waals surface area contributed by atoms with Crippen molar-refractivity contribution in [2.45, 2.75) is 25.9 Å². The Kier molecular flexibility index (Phi) is 5.50. The molecule has 0 saturated carbocycles. The Hall–Kier alpha value is -2.81. The zero-order valence-corrected chi connectivity index (χ0v) is 14.7. The number of hydrogen-bond donors (Lipinski definition) is 2. The summed E-state index contributed by atoms with van der Waals surface area (Å²) in [7, 11) is 0. The van der Waals surface area contributed by atoms with Crippen molar-refractivity contribution in [3.63, 3.8) is 0 Å². The number of nitrogens with one attached hydrogen (secondary N) is 1. The van der Waals surface area contributed by atoms with Crippen molar-refractivity contribution in [1.29, 1.82) is 0 Å². The number of alkyl halides is 2. The van der Waals surface area contributed by atoms with Crippen LogP contribution in [0, 0.1) is 6.92 Å². The van der Waals surface area contributed by atoms with Gasteiger partial charge in [0.15, 0.2) is 0 Å². The summed E-state index contributed by atoms with van der Waals surface area (Å²) in [4.78, 5) is 26.4. The number of halogens is 2. The second-order valence-electron chi connectivity index (χ2n) is 6.28. The van der Waals surface area contributed by atoms with Crippen molar-refractivity contribution >= 4 is 11.8 Å². The van der Waals surface area contributed by atoms with E-state index >= 15 is 0 Å². The molecule has 3 rings (SSSR count). The Labute approximate surface area is 154 Å². The van der Waals surface area contributed by atoms with E-state index in [4.69, 9.17) is 0 Å². The van der Waals surface area contributed by atoms with E-state index in [1.165, 1.54) is 11.1 Å². The summed E-state index contributed by atoms with van der Waals surface area (Å²) in [5.41, 5.74) is 1.86. The number of carbonyl (C=O) groups excluding carboxylic acids is 2. The van der Waals surface area contributed by atoms with Crippen LogP contribution in [0.15, 0.2) is 30.5 Å². The maximum absolute atomic E-state index is 12.9. The summed E-state index contributed by atoms with van der Waals surface area (Å²) in [6.45, 7) is -0.662. The number of carbonyl (C=O) groups is 2. The van der Waals surface area contributed by atoms with Crippen molar-refractivity contribution in [3.05, 3.63) is 41.7 Å². The first-order valence-electron chi connectivity index (χ1n) is 8.56. The number of aromatic nitrogens is 2. The van der Waals surface area contributed by atoms with E-state index in [9.17, 15) is 23.5 Å². The van der Waals surface area contributed by atoms with Gasteiger partial charge in [-0.2, -0.15) is 13.9 Å².